The Balaban J connectivity index is 1.78. The van der Waals surface area contributed by atoms with E-state index in [1.165, 1.54) is 11.1 Å². The Morgan fingerprint density at radius 1 is 1.19 bits per heavy atom. The van der Waals surface area contributed by atoms with Gasteiger partial charge in [0, 0.05) is 32.3 Å². The lowest BCUT2D eigenvalue weighted by molar-refractivity contribution is 0.241. The van der Waals surface area contributed by atoms with Crippen LogP contribution in [0.1, 0.15) is 43.2 Å². The van der Waals surface area contributed by atoms with Gasteiger partial charge in [-0.25, -0.2) is 13.4 Å². The fraction of sp³-hybridized carbons (Fsp3) is 0.474. The molecule has 1 aromatic heterocycles. The maximum absolute atomic E-state index is 12.3. The summed E-state index contributed by atoms with van der Waals surface area (Å²) in [6, 6.07) is 8.57. The minimum Gasteiger partial charge on any atom is -0.297 e. The van der Waals surface area contributed by atoms with E-state index in [-0.39, 0.29) is 16.1 Å². The van der Waals surface area contributed by atoms with Gasteiger partial charge in [0.1, 0.15) is 0 Å². The van der Waals surface area contributed by atoms with Crippen LogP contribution in [0.4, 0.5) is 0 Å². The van der Waals surface area contributed by atoms with Crippen molar-refractivity contribution >= 4 is 9.84 Å². The van der Waals surface area contributed by atoms with E-state index in [0.717, 1.165) is 19.3 Å². The van der Waals surface area contributed by atoms with Crippen molar-refractivity contribution in [3.05, 3.63) is 57.0 Å². The number of nitrogens with one attached hydrogen (secondary N) is 1. The summed E-state index contributed by atoms with van der Waals surface area (Å²) in [4.78, 5) is 21.0. The van der Waals surface area contributed by atoms with Crippen molar-refractivity contribution in [3.63, 3.8) is 0 Å². The molecule has 0 radical (unpaired) electrons. The smallest absolute Gasteiger partial charge is 0.256 e. The lowest BCUT2D eigenvalue weighted by Gasteiger charge is -2.28. The molecule has 2 aromatic rings. The van der Waals surface area contributed by atoms with E-state index in [1.54, 1.807) is 0 Å². The minimum atomic E-state index is -3.52. The summed E-state index contributed by atoms with van der Waals surface area (Å²) < 4.78 is 23.3. The van der Waals surface area contributed by atoms with Gasteiger partial charge in [0.05, 0.1) is 11.3 Å². The lowest BCUT2D eigenvalue weighted by atomic mass is 9.86. The molecule has 1 N–H and O–H groups in total. The number of hydrogen-bond donors (Lipinski definition) is 1. The van der Waals surface area contributed by atoms with Gasteiger partial charge in [0.15, 0.2) is 0 Å². The molecule has 0 amide bonds. The topological polar surface area (TPSA) is 83.1 Å². The number of benzene rings is 1. The Labute approximate surface area is 154 Å². The van der Waals surface area contributed by atoms with E-state index in [4.69, 9.17) is 0 Å². The van der Waals surface area contributed by atoms with Crippen molar-refractivity contribution in [2.75, 3.05) is 12.8 Å². The standard InChI is InChI=1S/C19H25N3O3S/c1-19(2,3)14-7-5-13(6-8-14)11-22-10-9-16-15(12-22)17(23)21-18(20-16)26(4,24)25/h5-8H,9-12H2,1-4H3,(H,20,21,23). The molecule has 2 heterocycles. The zero-order valence-corrected chi connectivity index (χ0v) is 16.5. The Morgan fingerprint density at radius 3 is 2.42 bits per heavy atom. The van der Waals surface area contributed by atoms with Gasteiger partial charge in [-0.2, -0.15) is 0 Å². The maximum Gasteiger partial charge on any atom is 0.256 e. The molecule has 6 nitrogen and oxygen atoms in total. The van der Waals surface area contributed by atoms with E-state index >= 15 is 0 Å². The van der Waals surface area contributed by atoms with Crippen LogP contribution in [0.2, 0.25) is 0 Å². The van der Waals surface area contributed by atoms with Crippen molar-refractivity contribution < 1.29 is 8.42 Å². The molecular formula is C19H25N3O3S. The van der Waals surface area contributed by atoms with Gasteiger partial charge in [0.2, 0.25) is 15.0 Å². The Bertz CT molecular complexity index is 971. The molecule has 0 saturated carbocycles. The number of nitrogens with zero attached hydrogens (tertiary/aromatic N) is 2. The first kappa shape index (κ1) is 18.8. The van der Waals surface area contributed by atoms with Crippen LogP contribution in [0.25, 0.3) is 0 Å². The number of sulfone groups is 1. The van der Waals surface area contributed by atoms with Gasteiger partial charge in [-0.3, -0.25) is 14.7 Å². The summed E-state index contributed by atoms with van der Waals surface area (Å²) in [5.74, 6) is 0. The second-order valence-electron chi connectivity index (χ2n) is 7.98. The summed E-state index contributed by atoms with van der Waals surface area (Å²) in [5, 5.41) is -0.243. The molecule has 0 bridgehead atoms. The third kappa shape index (κ3) is 4.04. The predicted molar refractivity (Wildman–Crippen MR) is 101 cm³/mol. The Hall–Kier alpha value is -1.99. The van der Waals surface area contributed by atoms with Crippen LogP contribution in [0.5, 0.6) is 0 Å². The van der Waals surface area contributed by atoms with Gasteiger partial charge < -0.3 is 0 Å². The van der Waals surface area contributed by atoms with E-state index < -0.39 is 9.84 Å². The van der Waals surface area contributed by atoms with Crippen molar-refractivity contribution in [1.82, 2.24) is 14.9 Å². The van der Waals surface area contributed by atoms with E-state index in [1.807, 2.05) is 0 Å². The Morgan fingerprint density at radius 2 is 1.85 bits per heavy atom. The molecule has 140 valence electrons. The van der Waals surface area contributed by atoms with Crippen LogP contribution in [-0.4, -0.2) is 36.1 Å². The number of hydrogen-bond acceptors (Lipinski definition) is 5. The minimum absolute atomic E-state index is 0.124. The summed E-state index contributed by atoms with van der Waals surface area (Å²) in [6.07, 6.45) is 1.62. The van der Waals surface area contributed by atoms with Gasteiger partial charge in [-0.05, 0) is 16.5 Å². The molecule has 0 aliphatic carbocycles. The molecule has 0 unspecified atom stereocenters. The first-order valence-electron chi connectivity index (χ1n) is 8.68. The summed E-state index contributed by atoms with van der Waals surface area (Å²) in [7, 11) is -3.52. The molecule has 1 aromatic carbocycles. The second kappa shape index (κ2) is 6.63. The molecule has 0 fully saturated rings. The average Bonchev–Trinajstić information content (AvgIpc) is 2.54. The zero-order valence-electron chi connectivity index (χ0n) is 15.7. The first-order chi connectivity index (χ1) is 12.0. The van der Waals surface area contributed by atoms with Crippen molar-refractivity contribution in [2.24, 2.45) is 0 Å². The number of fused-ring (bicyclic) bond motifs is 1. The third-order valence-corrected chi connectivity index (χ3v) is 5.60. The van der Waals surface area contributed by atoms with Gasteiger partial charge >= 0.3 is 0 Å². The number of aromatic amines is 1. The highest BCUT2D eigenvalue weighted by molar-refractivity contribution is 7.90. The number of aromatic nitrogens is 2. The highest BCUT2D eigenvalue weighted by Crippen LogP contribution is 2.23. The molecule has 0 atom stereocenters. The molecule has 0 saturated heterocycles. The number of H-pyrrole nitrogens is 1. The predicted octanol–water partition coefficient (Wildman–Crippen LogP) is 2.03. The van der Waals surface area contributed by atoms with Gasteiger partial charge in [0.25, 0.3) is 5.56 Å². The lowest BCUT2D eigenvalue weighted by Crippen LogP contribution is -2.36. The van der Waals surface area contributed by atoms with Gasteiger partial charge in [-0.1, -0.05) is 45.0 Å². The van der Waals surface area contributed by atoms with E-state index in [2.05, 4.69) is 59.9 Å². The maximum atomic E-state index is 12.3. The molecular weight excluding hydrogens is 350 g/mol. The molecule has 1 aliphatic heterocycles. The second-order valence-corrected chi connectivity index (χ2v) is 9.91. The molecule has 26 heavy (non-hydrogen) atoms. The highest BCUT2D eigenvalue weighted by Gasteiger charge is 2.23. The quantitative estimate of drug-likeness (QED) is 0.830. The SMILES string of the molecule is CC(C)(C)c1ccc(CN2CCc3nc(S(C)(=O)=O)[nH]c(=O)c3C2)cc1. The highest BCUT2D eigenvalue weighted by atomic mass is 32.2. The average molecular weight is 375 g/mol. The summed E-state index contributed by atoms with van der Waals surface area (Å²) >= 11 is 0. The first-order valence-corrected chi connectivity index (χ1v) is 10.6. The third-order valence-electron chi connectivity index (χ3n) is 4.70. The largest absolute Gasteiger partial charge is 0.297 e. The van der Waals surface area contributed by atoms with E-state index in [0.29, 0.717) is 24.2 Å². The fourth-order valence-corrected chi connectivity index (χ4v) is 3.69. The van der Waals surface area contributed by atoms with Crippen LogP contribution >= 0.6 is 0 Å². The zero-order chi connectivity index (χ0) is 19.1. The van der Waals surface area contributed by atoms with Crippen molar-refractivity contribution in [2.45, 2.75) is 50.9 Å². The summed E-state index contributed by atoms with van der Waals surface area (Å²) in [5.41, 5.74) is 3.41. The monoisotopic (exact) mass is 375 g/mol. The molecule has 0 spiro atoms. The molecule has 3 rings (SSSR count). The number of rotatable bonds is 3. The van der Waals surface area contributed by atoms with Crippen molar-refractivity contribution in [3.8, 4) is 0 Å². The van der Waals surface area contributed by atoms with Crippen molar-refractivity contribution in [1.29, 1.82) is 0 Å². The summed E-state index contributed by atoms with van der Waals surface area (Å²) in [6.45, 7) is 8.53. The molecule has 1 aliphatic rings. The van der Waals surface area contributed by atoms with Crippen LogP contribution in [0, 0.1) is 0 Å². The fourth-order valence-electron chi connectivity index (χ4n) is 3.14. The van der Waals surface area contributed by atoms with Crippen LogP contribution in [0.15, 0.2) is 34.2 Å². The van der Waals surface area contributed by atoms with Crippen LogP contribution in [0.3, 0.4) is 0 Å². The van der Waals surface area contributed by atoms with Crippen LogP contribution in [-0.2, 0) is 34.8 Å². The van der Waals surface area contributed by atoms with Crippen LogP contribution < -0.4 is 5.56 Å². The normalized spacial score (nSPS) is 15.7. The molecule has 7 heteroatoms. The Kier molecular flexibility index (Phi) is 4.79. The van der Waals surface area contributed by atoms with E-state index in [9.17, 15) is 13.2 Å². The van der Waals surface area contributed by atoms with Gasteiger partial charge in [-0.15, -0.1) is 0 Å².